The minimum atomic E-state index is 0.366. The number of hydrogen-bond acceptors (Lipinski definition) is 2. The highest BCUT2D eigenvalue weighted by Gasteiger charge is 2.38. The molecule has 2 bridgehead atoms. The highest BCUT2D eigenvalue weighted by Crippen LogP contribution is 2.45. The van der Waals surface area contributed by atoms with Crippen molar-refractivity contribution in [2.75, 3.05) is 5.32 Å². The van der Waals surface area contributed by atoms with Gasteiger partial charge in [-0.1, -0.05) is 23.8 Å². The van der Waals surface area contributed by atoms with Gasteiger partial charge in [-0.15, -0.1) is 0 Å². The van der Waals surface area contributed by atoms with Crippen molar-refractivity contribution >= 4 is 17.3 Å². The molecule has 0 aromatic heterocycles. The topological polar surface area (TPSA) is 35.8 Å². The molecular formula is C16H17ClN2. The molecule has 2 nitrogen and oxygen atoms in total. The molecule has 2 aliphatic rings. The van der Waals surface area contributed by atoms with E-state index in [2.05, 4.69) is 30.5 Å². The minimum Gasteiger partial charge on any atom is -0.381 e. The standard InChI is InChI=1S/C16H17ClN2/c1-10(15-7-11-2-3-12(15)6-11)19-16-8-14(17)5-4-13(16)9-18/h2-5,8,10-12,15,19H,6-7H2,1H3. The summed E-state index contributed by atoms with van der Waals surface area (Å²) in [6.45, 7) is 2.21. The van der Waals surface area contributed by atoms with Crippen LogP contribution in [0.4, 0.5) is 5.69 Å². The van der Waals surface area contributed by atoms with Gasteiger partial charge in [0, 0.05) is 11.1 Å². The summed E-state index contributed by atoms with van der Waals surface area (Å²) in [6.07, 6.45) is 7.28. The Balaban J connectivity index is 1.76. The van der Waals surface area contributed by atoms with E-state index >= 15 is 0 Å². The molecule has 0 amide bonds. The summed E-state index contributed by atoms with van der Waals surface area (Å²) in [5, 5.41) is 13.3. The van der Waals surface area contributed by atoms with Gasteiger partial charge >= 0.3 is 0 Å². The molecule has 1 N–H and O–H groups in total. The first-order chi connectivity index (χ1) is 9.17. The maximum Gasteiger partial charge on any atom is 0.101 e. The molecule has 1 saturated carbocycles. The van der Waals surface area contributed by atoms with Crippen LogP contribution in [0.5, 0.6) is 0 Å². The smallest absolute Gasteiger partial charge is 0.101 e. The highest BCUT2D eigenvalue weighted by atomic mass is 35.5. The largest absolute Gasteiger partial charge is 0.381 e. The van der Waals surface area contributed by atoms with Crippen LogP contribution in [0.1, 0.15) is 25.3 Å². The summed E-state index contributed by atoms with van der Waals surface area (Å²) in [5.74, 6) is 2.15. The van der Waals surface area contributed by atoms with Crippen LogP contribution in [0.15, 0.2) is 30.4 Å². The Morgan fingerprint density at radius 1 is 1.37 bits per heavy atom. The zero-order valence-corrected chi connectivity index (χ0v) is 11.7. The predicted molar refractivity (Wildman–Crippen MR) is 78.1 cm³/mol. The molecule has 0 heterocycles. The van der Waals surface area contributed by atoms with Gasteiger partial charge in [0.05, 0.1) is 11.3 Å². The number of allylic oxidation sites excluding steroid dienone is 2. The fourth-order valence-corrected chi connectivity index (χ4v) is 3.66. The number of fused-ring (bicyclic) bond motifs is 2. The summed E-state index contributed by atoms with van der Waals surface area (Å²) in [7, 11) is 0. The lowest BCUT2D eigenvalue weighted by atomic mass is 9.87. The molecule has 0 aliphatic heterocycles. The van der Waals surface area contributed by atoms with Crippen LogP contribution >= 0.6 is 11.6 Å². The first-order valence-electron chi connectivity index (χ1n) is 6.82. The van der Waals surface area contributed by atoms with E-state index in [1.807, 2.05) is 6.07 Å². The zero-order chi connectivity index (χ0) is 13.4. The average molecular weight is 273 g/mol. The van der Waals surface area contributed by atoms with Gasteiger partial charge in [-0.25, -0.2) is 0 Å². The van der Waals surface area contributed by atoms with Gasteiger partial charge in [0.15, 0.2) is 0 Å². The van der Waals surface area contributed by atoms with Gasteiger partial charge in [-0.05, 0) is 55.7 Å². The van der Waals surface area contributed by atoms with Crippen molar-refractivity contribution in [1.82, 2.24) is 0 Å². The van der Waals surface area contributed by atoms with Crippen molar-refractivity contribution < 1.29 is 0 Å². The molecule has 4 unspecified atom stereocenters. The quantitative estimate of drug-likeness (QED) is 0.836. The van der Waals surface area contributed by atoms with Gasteiger partial charge < -0.3 is 5.32 Å². The number of halogens is 1. The molecule has 0 spiro atoms. The number of anilines is 1. The number of nitrogens with zero attached hydrogens (tertiary/aromatic N) is 1. The first kappa shape index (κ1) is 12.6. The monoisotopic (exact) mass is 272 g/mol. The van der Waals surface area contributed by atoms with Crippen molar-refractivity contribution in [3.8, 4) is 6.07 Å². The van der Waals surface area contributed by atoms with Crippen LogP contribution < -0.4 is 5.32 Å². The van der Waals surface area contributed by atoms with Crippen molar-refractivity contribution in [3.05, 3.63) is 40.9 Å². The lowest BCUT2D eigenvalue weighted by molar-refractivity contribution is 0.400. The van der Waals surface area contributed by atoms with Crippen LogP contribution in [-0.2, 0) is 0 Å². The summed E-state index contributed by atoms with van der Waals surface area (Å²) in [6, 6.07) is 7.97. The molecule has 1 aromatic carbocycles. The normalized spacial score (nSPS) is 29.2. The maximum atomic E-state index is 9.15. The van der Waals surface area contributed by atoms with Gasteiger partial charge in [-0.2, -0.15) is 5.26 Å². The van der Waals surface area contributed by atoms with Gasteiger partial charge in [0.25, 0.3) is 0 Å². The maximum absolute atomic E-state index is 9.15. The third-order valence-electron chi connectivity index (χ3n) is 4.46. The molecule has 0 radical (unpaired) electrons. The average Bonchev–Trinajstić information content (AvgIpc) is 3.01. The Bertz CT molecular complexity index is 558. The summed E-state index contributed by atoms with van der Waals surface area (Å²) >= 11 is 6.02. The fourth-order valence-electron chi connectivity index (χ4n) is 3.48. The van der Waals surface area contributed by atoms with E-state index in [4.69, 9.17) is 16.9 Å². The highest BCUT2D eigenvalue weighted by molar-refractivity contribution is 6.30. The molecule has 0 saturated heterocycles. The number of nitriles is 1. The number of nitrogens with one attached hydrogen (secondary N) is 1. The molecule has 1 aromatic rings. The minimum absolute atomic E-state index is 0.366. The van der Waals surface area contributed by atoms with Crippen LogP contribution in [0.25, 0.3) is 0 Å². The Morgan fingerprint density at radius 2 is 2.21 bits per heavy atom. The van der Waals surface area contributed by atoms with E-state index in [1.54, 1.807) is 12.1 Å². The molecule has 98 valence electrons. The van der Waals surface area contributed by atoms with E-state index < -0.39 is 0 Å². The van der Waals surface area contributed by atoms with Crippen LogP contribution in [-0.4, -0.2) is 6.04 Å². The SMILES string of the molecule is CC(Nc1cc(Cl)ccc1C#N)C1CC2C=CC1C2. The van der Waals surface area contributed by atoms with E-state index in [-0.39, 0.29) is 0 Å². The fraction of sp³-hybridized carbons (Fsp3) is 0.438. The number of hydrogen-bond donors (Lipinski definition) is 1. The van der Waals surface area contributed by atoms with E-state index in [0.29, 0.717) is 28.5 Å². The Hall–Kier alpha value is -1.46. The Kier molecular flexibility index (Phi) is 3.24. The van der Waals surface area contributed by atoms with Crippen molar-refractivity contribution in [2.24, 2.45) is 17.8 Å². The molecular weight excluding hydrogens is 256 g/mol. The summed E-state index contributed by atoms with van der Waals surface area (Å²) < 4.78 is 0. The Morgan fingerprint density at radius 3 is 2.84 bits per heavy atom. The van der Waals surface area contributed by atoms with E-state index in [9.17, 15) is 0 Å². The van der Waals surface area contributed by atoms with E-state index in [1.165, 1.54) is 12.8 Å². The second kappa shape index (κ2) is 4.90. The third-order valence-corrected chi connectivity index (χ3v) is 4.69. The molecule has 3 heteroatoms. The van der Waals surface area contributed by atoms with Crippen molar-refractivity contribution in [1.29, 1.82) is 5.26 Å². The van der Waals surface area contributed by atoms with Crippen LogP contribution in [0.2, 0.25) is 5.02 Å². The molecule has 4 atom stereocenters. The second-order valence-electron chi connectivity index (χ2n) is 5.68. The lowest BCUT2D eigenvalue weighted by Gasteiger charge is -2.27. The lowest BCUT2D eigenvalue weighted by Crippen LogP contribution is -2.29. The molecule has 19 heavy (non-hydrogen) atoms. The number of benzene rings is 1. The van der Waals surface area contributed by atoms with Gasteiger partial charge in [-0.3, -0.25) is 0 Å². The van der Waals surface area contributed by atoms with Crippen LogP contribution in [0.3, 0.4) is 0 Å². The van der Waals surface area contributed by atoms with Gasteiger partial charge in [0.2, 0.25) is 0 Å². The predicted octanol–water partition coefficient (Wildman–Crippen LogP) is 4.22. The second-order valence-corrected chi connectivity index (χ2v) is 6.12. The van der Waals surface area contributed by atoms with Gasteiger partial charge in [0.1, 0.15) is 6.07 Å². The number of rotatable bonds is 3. The zero-order valence-electron chi connectivity index (χ0n) is 10.9. The Labute approximate surface area is 119 Å². The summed E-state index contributed by atoms with van der Waals surface area (Å²) in [4.78, 5) is 0. The molecule has 3 rings (SSSR count). The molecule has 2 aliphatic carbocycles. The first-order valence-corrected chi connectivity index (χ1v) is 7.19. The third kappa shape index (κ3) is 2.35. The van der Waals surface area contributed by atoms with Crippen LogP contribution in [0, 0.1) is 29.1 Å². The van der Waals surface area contributed by atoms with E-state index in [0.717, 1.165) is 11.6 Å². The summed E-state index contributed by atoms with van der Waals surface area (Å²) in [5.41, 5.74) is 1.52. The molecule has 1 fully saturated rings. The van der Waals surface area contributed by atoms with Crippen molar-refractivity contribution in [3.63, 3.8) is 0 Å². The van der Waals surface area contributed by atoms with Crippen molar-refractivity contribution in [2.45, 2.75) is 25.8 Å².